The highest BCUT2D eigenvalue weighted by Crippen LogP contribution is 2.31. The molecule has 0 fully saturated rings. The lowest BCUT2D eigenvalue weighted by Gasteiger charge is -2.18. The van der Waals surface area contributed by atoms with Crippen LogP contribution in [-0.2, 0) is 16.0 Å². The molecule has 0 aliphatic carbocycles. The van der Waals surface area contributed by atoms with Crippen molar-refractivity contribution < 1.29 is 32.2 Å². The molecule has 140 valence electrons. The lowest BCUT2D eigenvalue weighted by atomic mass is 10.0. The van der Waals surface area contributed by atoms with Gasteiger partial charge in [0.25, 0.3) is 0 Å². The van der Waals surface area contributed by atoms with Gasteiger partial charge >= 0.3 is 12.1 Å². The van der Waals surface area contributed by atoms with Gasteiger partial charge in [-0.3, -0.25) is 4.79 Å². The Labute approximate surface area is 144 Å². The Bertz CT molecular complexity index is 615. The van der Waals surface area contributed by atoms with Crippen LogP contribution in [-0.4, -0.2) is 46.1 Å². The molecule has 0 saturated heterocycles. The van der Waals surface area contributed by atoms with Crippen LogP contribution in [0.2, 0.25) is 0 Å². The summed E-state index contributed by atoms with van der Waals surface area (Å²) in [4.78, 5) is 11.0. The minimum Gasteiger partial charge on any atom is -0.496 e. The number of benzene rings is 1. The van der Waals surface area contributed by atoms with Crippen molar-refractivity contribution in [2.24, 2.45) is 0 Å². The van der Waals surface area contributed by atoms with E-state index in [1.165, 1.54) is 21.1 Å². The summed E-state index contributed by atoms with van der Waals surface area (Å²) in [6.07, 6.45) is -1.16. The van der Waals surface area contributed by atoms with Crippen molar-refractivity contribution in [3.63, 3.8) is 0 Å². The maximum atomic E-state index is 12.3. The summed E-state index contributed by atoms with van der Waals surface area (Å²) in [6, 6.07) is 2.67. The van der Waals surface area contributed by atoms with E-state index in [9.17, 15) is 18.0 Å². The summed E-state index contributed by atoms with van der Waals surface area (Å²) in [5.41, 5.74) is 1.37. The number of carbonyl (C=O) groups is 1. The van der Waals surface area contributed by atoms with E-state index in [0.717, 1.165) is 5.56 Å². The van der Waals surface area contributed by atoms with Crippen LogP contribution in [0.5, 0.6) is 11.5 Å². The van der Waals surface area contributed by atoms with Crippen molar-refractivity contribution in [2.45, 2.75) is 25.6 Å². The summed E-state index contributed by atoms with van der Waals surface area (Å²) >= 11 is 0. The molecule has 25 heavy (non-hydrogen) atoms. The van der Waals surface area contributed by atoms with Crippen LogP contribution in [0, 0.1) is 0 Å². The first kappa shape index (κ1) is 20.8. The largest absolute Gasteiger partial charge is 0.496 e. The first-order valence-electron chi connectivity index (χ1n) is 7.51. The predicted molar refractivity (Wildman–Crippen MR) is 87.8 cm³/mol. The fourth-order valence-electron chi connectivity index (χ4n) is 2.23. The fraction of sp³-hybridized carbons (Fsp3) is 0.471. The minimum atomic E-state index is -4.91. The van der Waals surface area contributed by atoms with Crippen molar-refractivity contribution in [2.75, 3.05) is 27.9 Å². The van der Waals surface area contributed by atoms with Crippen LogP contribution in [0.25, 0.3) is 6.08 Å². The maximum Gasteiger partial charge on any atom is 0.471 e. The van der Waals surface area contributed by atoms with Gasteiger partial charge in [-0.2, -0.15) is 13.2 Å². The van der Waals surface area contributed by atoms with Gasteiger partial charge in [-0.05, 0) is 31.0 Å². The zero-order valence-electron chi connectivity index (χ0n) is 14.6. The fourth-order valence-corrected chi connectivity index (χ4v) is 2.23. The average Bonchev–Trinajstić information content (AvgIpc) is 2.54. The molecule has 1 N–H and O–H groups in total. The van der Waals surface area contributed by atoms with Gasteiger partial charge in [0.1, 0.15) is 11.5 Å². The molecule has 1 rings (SSSR count). The van der Waals surface area contributed by atoms with Gasteiger partial charge in [-0.15, -0.1) is 0 Å². The third-order valence-electron chi connectivity index (χ3n) is 3.35. The lowest BCUT2D eigenvalue weighted by molar-refractivity contribution is -0.174. The Kier molecular flexibility index (Phi) is 7.76. The van der Waals surface area contributed by atoms with E-state index in [-0.39, 0.29) is 6.42 Å². The third-order valence-corrected chi connectivity index (χ3v) is 3.35. The molecule has 0 heterocycles. The van der Waals surface area contributed by atoms with Gasteiger partial charge in [-0.25, -0.2) is 0 Å². The number of carbonyl (C=O) groups excluding carboxylic acids is 1. The van der Waals surface area contributed by atoms with Gasteiger partial charge in [-0.1, -0.05) is 12.2 Å². The van der Waals surface area contributed by atoms with Crippen molar-refractivity contribution in [3.05, 3.63) is 29.3 Å². The minimum absolute atomic E-state index is 0.156. The highest BCUT2D eigenvalue weighted by atomic mass is 19.4. The number of rotatable bonds is 8. The number of hydrogen-bond donors (Lipinski definition) is 1. The molecule has 8 heteroatoms. The monoisotopic (exact) mass is 361 g/mol. The Balaban J connectivity index is 3.01. The molecule has 0 saturated carbocycles. The summed E-state index contributed by atoms with van der Waals surface area (Å²) < 4.78 is 52.6. The molecule has 0 unspecified atom stereocenters. The second kappa shape index (κ2) is 9.31. The van der Waals surface area contributed by atoms with Crippen LogP contribution >= 0.6 is 0 Å². The van der Waals surface area contributed by atoms with Crippen LogP contribution in [0.1, 0.15) is 18.1 Å². The molecule has 0 bridgehead atoms. The average molecular weight is 361 g/mol. The second-order valence-electron chi connectivity index (χ2n) is 5.34. The Hall–Kier alpha value is -2.22. The van der Waals surface area contributed by atoms with Crippen LogP contribution in [0.4, 0.5) is 13.2 Å². The van der Waals surface area contributed by atoms with E-state index >= 15 is 0 Å². The highest BCUT2D eigenvalue weighted by molar-refractivity contribution is 5.81. The molecular weight excluding hydrogens is 339 g/mol. The van der Waals surface area contributed by atoms with Crippen LogP contribution in [0.15, 0.2) is 18.2 Å². The number of alkyl halides is 3. The Morgan fingerprint density at radius 1 is 1.20 bits per heavy atom. The summed E-state index contributed by atoms with van der Waals surface area (Å²) in [5.74, 6) is -0.937. The second-order valence-corrected chi connectivity index (χ2v) is 5.34. The number of halogens is 3. The predicted octanol–water partition coefficient (Wildman–Crippen LogP) is 2.97. The van der Waals surface area contributed by atoms with Gasteiger partial charge in [0.15, 0.2) is 0 Å². The van der Waals surface area contributed by atoms with Gasteiger partial charge in [0.05, 0.1) is 20.8 Å². The molecule has 0 aliphatic rings. The Morgan fingerprint density at radius 2 is 1.84 bits per heavy atom. The Morgan fingerprint density at radius 3 is 2.36 bits per heavy atom. The molecule has 1 aromatic rings. The molecule has 1 atom stereocenters. The van der Waals surface area contributed by atoms with E-state index in [4.69, 9.17) is 14.2 Å². The molecule has 1 amide bonds. The standard InChI is InChI=1S/C17H22F3NO4/c1-11(21-16(22)17(18,19)20)8-13-10-14(24-3)12(6-5-7-23-2)9-15(13)25-4/h5-6,9-11H,7-8H2,1-4H3,(H,21,22)/b6-5+/t11-/m1/s1. The number of methoxy groups -OCH3 is 3. The third kappa shape index (κ3) is 6.30. The first-order valence-corrected chi connectivity index (χ1v) is 7.51. The van der Waals surface area contributed by atoms with Crippen LogP contribution < -0.4 is 14.8 Å². The van der Waals surface area contributed by atoms with Gasteiger partial charge in [0, 0.05) is 18.7 Å². The number of ether oxygens (including phenoxy) is 3. The zero-order valence-corrected chi connectivity index (χ0v) is 14.6. The van der Waals surface area contributed by atoms with E-state index in [0.29, 0.717) is 23.7 Å². The van der Waals surface area contributed by atoms with E-state index in [1.54, 1.807) is 31.4 Å². The van der Waals surface area contributed by atoms with E-state index in [2.05, 4.69) is 0 Å². The molecule has 0 spiro atoms. The molecular formula is C17H22F3NO4. The molecule has 1 aromatic carbocycles. The van der Waals surface area contributed by atoms with Crippen molar-refractivity contribution >= 4 is 12.0 Å². The van der Waals surface area contributed by atoms with Crippen molar-refractivity contribution in [1.82, 2.24) is 5.32 Å². The normalized spacial score (nSPS) is 12.9. The van der Waals surface area contributed by atoms with E-state index < -0.39 is 18.1 Å². The smallest absolute Gasteiger partial charge is 0.471 e. The number of amides is 1. The first-order chi connectivity index (χ1) is 11.7. The number of hydrogen-bond acceptors (Lipinski definition) is 4. The lowest BCUT2D eigenvalue weighted by Crippen LogP contribution is -2.42. The SMILES string of the molecule is COC/C=C/c1cc(OC)c(C[C@@H](C)NC(=O)C(F)(F)F)cc1OC. The molecule has 0 aromatic heterocycles. The van der Waals surface area contributed by atoms with Crippen molar-refractivity contribution in [1.29, 1.82) is 0 Å². The van der Waals surface area contributed by atoms with Crippen molar-refractivity contribution in [3.8, 4) is 11.5 Å². The summed E-state index contributed by atoms with van der Waals surface area (Å²) in [7, 11) is 4.53. The number of nitrogens with one attached hydrogen (secondary N) is 1. The van der Waals surface area contributed by atoms with Crippen LogP contribution in [0.3, 0.4) is 0 Å². The summed E-state index contributed by atoms with van der Waals surface area (Å²) in [6.45, 7) is 1.91. The van der Waals surface area contributed by atoms with Gasteiger partial charge < -0.3 is 19.5 Å². The molecule has 5 nitrogen and oxygen atoms in total. The maximum absolute atomic E-state index is 12.3. The zero-order chi connectivity index (χ0) is 19.0. The van der Waals surface area contributed by atoms with Gasteiger partial charge in [0.2, 0.25) is 0 Å². The van der Waals surface area contributed by atoms with E-state index in [1.807, 2.05) is 5.32 Å². The quantitative estimate of drug-likeness (QED) is 0.773. The molecule has 0 aliphatic heterocycles. The summed E-state index contributed by atoms with van der Waals surface area (Å²) in [5, 5.41) is 1.92. The topological polar surface area (TPSA) is 56.8 Å². The molecule has 0 radical (unpaired) electrons. The highest BCUT2D eigenvalue weighted by Gasteiger charge is 2.39.